The number of benzene rings is 3. The molecule has 0 saturated carbocycles. The van der Waals surface area contributed by atoms with Crippen LogP contribution in [0.4, 0.5) is 0 Å². The van der Waals surface area contributed by atoms with Crippen molar-refractivity contribution in [3.63, 3.8) is 0 Å². The summed E-state index contributed by atoms with van der Waals surface area (Å²) in [6, 6.07) is 29.7. The van der Waals surface area contributed by atoms with Crippen molar-refractivity contribution in [3.05, 3.63) is 111 Å². The van der Waals surface area contributed by atoms with Crippen molar-refractivity contribution in [2.75, 3.05) is 0 Å². The van der Waals surface area contributed by atoms with Crippen LogP contribution in [0.3, 0.4) is 0 Å². The molecule has 0 unspecified atom stereocenters. The van der Waals surface area contributed by atoms with Gasteiger partial charge in [0.1, 0.15) is 0 Å². The molecule has 0 N–H and O–H groups in total. The number of para-hydroxylation sites is 3. The van der Waals surface area contributed by atoms with Crippen LogP contribution in [-0.2, 0) is 21.6 Å². The van der Waals surface area contributed by atoms with Crippen LogP contribution in [0, 0.1) is 5.41 Å². The molecule has 0 bridgehead atoms. The van der Waals surface area contributed by atoms with Crippen molar-refractivity contribution in [1.82, 2.24) is 0 Å². The van der Waals surface area contributed by atoms with E-state index in [9.17, 15) is 0 Å². The first kappa shape index (κ1) is 22.6. The fourth-order valence-electron chi connectivity index (χ4n) is 4.35. The molecular formula is C28H30O3Zr. The molecular weight excluding hydrogens is 476 g/mol. The summed E-state index contributed by atoms with van der Waals surface area (Å²) in [7, 11) is 0. The molecule has 0 amide bonds. The molecule has 0 aromatic heterocycles. The van der Waals surface area contributed by atoms with Gasteiger partial charge in [-0.15, -0.1) is 0 Å². The monoisotopic (exact) mass is 504 g/mol. The van der Waals surface area contributed by atoms with Crippen LogP contribution in [0.1, 0.15) is 34.6 Å². The average Bonchev–Trinajstić information content (AvgIpc) is 2.95. The molecule has 0 fully saturated rings. The molecule has 0 saturated heterocycles. The Morgan fingerprint density at radius 3 is 1.16 bits per heavy atom. The quantitative estimate of drug-likeness (QED) is 0.328. The maximum atomic E-state index is 6.88. The summed E-state index contributed by atoms with van der Waals surface area (Å²) in [5, 5.41) is 0. The van der Waals surface area contributed by atoms with Gasteiger partial charge in [0.15, 0.2) is 0 Å². The zero-order valence-electron chi connectivity index (χ0n) is 19.4. The third-order valence-corrected chi connectivity index (χ3v) is 14.0. The fraction of sp³-hybridized carbons (Fsp3) is 0.214. The van der Waals surface area contributed by atoms with Crippen LogP contribution in [-0.4, -0.2) is 0 Å². The molecule has 0 aliphatic heterocycles. The second-order valence-corrected chi connectivity index (χ2v) is 14.1. The standard InChI is InChI=1S/C10H15.3C6H6O.Zr/c1-7-6-10(4,5)9(3)8(7)2;3*7-6-4-2-1-3-5-6;/h1-5H3;3*1-5,7H;/q;;;;+3/p-3. The minimum atomic E-state index is -4.57. The van der Waals surface area contributed by atoms with Gasteiger partial charge in [-0.05, 0) is 0 Å². The molecule has 1 aliphatic rings. The number of hydrogen-bond acceptors (Lipinski definition) is 3. The summed E-state index contributed by atoms with van der Waals surface area (Å²) in [6.07, 6.45) is 0. The second kappa shape index (κ2) is 9.12. The number of rotatable bonds is 7. The van der Waals surface area contributed by atoms with Gasteiger partial charge in [0.25, 0.3) is 0 Å². The zero-order chi connectivity index (χ0) is 22.8. The van der Waals surface area contributed by atoms with E-state index in [-0.39, 0.29) is 5.41 Å². The Kier molecular flexibility index (Phi) is 6.44. The van der Waals surface area contributed by atoms with E-state index >= 15 is 0 Å². The van der Waals surface area contributed by atoms with E-state index in [4.69, 9.17) is 8.44 Å². The summed E-state index contributed by atoms with van der Waals surface area (Å²) in [6.45, 7) is 11.1. The zero-order valence-corrected chi connectivity index (χ0v) is 21.8. The van der Waals surface area contributed by atoms with Crippen LogP contribution in [0.15, 0.2) is 111 Å². The SMILES string of the molecule is CC1=C(C)C(C)(C)[C]([Zr]([O]c2ccccc2)([O]c2ccccc2)[O]c2ccccc2)=C1C. The van der Waals surface area contributed by atoms with Crippen LogP contribution < -0.4 is 8.44 Å². The molecule has 0 radical (unpaired) electrons. The Morgan fingerprint density at radius 1 is 0.531 bits per heavy atom. The van der Waals surface area contributed by atoms with Gasteiger partial charge in [0, 0.05) is 0 Å². The van der Waals surface area contributed by atoms with Gasteiger partial charge < -0.3 is 0 Å². The Balaban J connectivity index is 1.94. The van der Waals surface area contributed by atoms with E-state index in [1.54, 1.807) is 0 Å². The average molecular weight is 506 g/mol. The van der Waals surface area contributed by atoms with Crippen LogP contribution in [0.2, 0.25) is 0 Å². The van der Waals surface area contributed by atoms with E-state index in [1.165, 1.54) is 20.0 Å². The summed E-state index contributed by atoms with van der Waals surface area (Å²) in [5.41, 5.74) is 3.60. The molecule has 32 heavy (non-hydrogen) atoms. The molecule has 3 aromatic carbocycles. The fourth-order valence-corrected chi connectivity index (χ4v) is 12.6. The van der Waals surface area contributed by atoms with Crippen molar-refractivity contribution < 1.29 is 30.0 Å². The molecule has 3 aromatic rings. The van der Waals surface area contributed by atoms with E-state index in [0.29, 0.717) is 0 Å². The minimum absolute atomic E-state index is 0.234. The van der Waals surface area contributed by atoms with Crippen LogP contribution in [0.5, 0.6) is 17.2 Å². The third kappa shape index (κ3) is 4.34. The summed E-state index contributed by atoms with van der Waals surface area (Å²) in [4.78, 5) is 0. The summed E-state index contributed by atoms with van der Waals surface area (Å²) in [5.74, 6) is 2.27. The van der Waals surface area contributed by atoms with Gasteiger partial charge >= 0.3 is 198 Å². The van der Waals surface area contributed by atoms with Gasteiger partial charge in [-0.25, -0.2) is 0 Å². The van der Waals surface area contributed by atoms with Gasteiger partial charge in [-0.3, -0.25) is 0 Å². The van der Waals surface area contributed by atoms with Crippen LogP contribution in [0.25, 0.3) is 0 Å². The Hall–Kier alpha value is -2.58. The van der Waals surface area contributed by atoms with Crippen molar-refractivity contribution in [2.45, 2.75) is 34.6 Å². The molecule has 0 heterocycles. The summed E-state index contributed by atoms with van der Waals surface area (Å²) < 4.78 is 21.8. The topological polar surface area (TPSA) is 27.7 Å². The van der Waals surface area contributed by atoms with E-state index in [0.717, 1.165) is 17.2 Å². The Bertz CT molecular complexity index is 1030. The predicted octanol–water partition coefficient (Wildman–Crippen LogP) is 7.77. The first-order valence-electron chi connectivity index (χ1n) is 11.0. The Morgan fingerprint density at radius 2 is 0.875 bits per heavy atom. The molecule has 4 heteroatoms. The van der Waals surface area contributed by atoms with Gasteiger partial charge in [0.05, 0.1) is 0 Å². The van der Waals surface area contributed by atoms with Crippen LogP contribution >= 0.6 is 0 Å². The normalized spacial score (nSPS) is 15.7. The van der Waals surface area contributed by atoms with Crippen molar-refractivity contribution in [1.29, 1.82) is 0 Å². The van der Waals surface area contributed by atoms with Crippen molar-refractivity contribution in [2.24, 2.45) is 5.41 Å². The first-order chi connectivity index (χ1) is 15.3. The van der Waals surface area contributed by atoms with Crippen molar-refractivity contribution >= 4 is 0 Å². The molecule has 164 valence electrons. The van der Waals surface area contributed by atoms with Crippen molar-refractivity contribution in [3.8, 4) is 17.2 Å². The van der Waals surface area contributed by atoms with Gasteiger partial charge in [0.2, 0.25) is 0 Å². The summed E-state index contributed by atoms with van der Waals surface area (Å²) >= 11 is -4.57. The second-order valence-electron chi connectivity index (χ2n) is 8.68. The van der Waals surface area contributed by atoms with E-state index in [2.05, 4.69) is 34.6 Å². The molecule has 1 aliphatic carbocycles. The van der Waals surface area contributed by atoms with Gasteiger partial charge in [-0.1, -0.05) is 0 Å². The molecule has 4 rings (SSSR count). The molecule has 0 atom stereocenters. The molecule has 3 nitrogen and oxygen atoms in total. The van der Waals surface area contributed by atoms with Gasteiger partial charge in [-0.2, -0.15) is 0 Å². The predicted molar refractivity (Wildman–Crippen MR) is 126 cm³/mol. The Labute approximate surface area is 197 Å². The number of hydrogen-bond donors (Lipinski definition) is 0. The first-order valence-corrected chi connectivity index (χ1v) is 15.2. The third-order valence-electron chi connectivity index (χ3n) is 6.35. The van der Waals surface area contributed by atoms with E-state index < -0.39 is 21.6 Å². The van der Waals surface area contributed by atoms with E-state index in [1.807, 2.05) is 91.0 Å². The maximum absolute atomic E-state index is 6.88. The molecule has 0 spiro atoms. The number of allylic oxidation sites excluding steroid dienone is 4.